The van der Waals surface area contributed by atoms with Crippen molar-refractivity contribution in [2.75, 3.05) is 11.9 Å². The zero-order chi connectivity index (χ0) is 15.4. The zero-order valence-electron chi connectivity index (χ0n) is 11.9. The van der Waals surface area contributed by atoms with Crippen LogP contribution in [0.2, 0.25) is 5.02 Å². The van der Waals surface area contributed by atoms with Gasteiger partial charge in [0.25, 0.3) is 0 Å². The maximum absolute atomic E-state index is 11.9. The fourth-order valence-electron chi connectivity index (χ4n) is 2.76. The second-order valence-corrected chi connectivity index (χ2v) is 5.88. The highest BCUT2D eigenvalue weighted by atomic mass is 35.5. The van der Waals surface area contributed by atoms with Gasteiger partial charge in [-0.1, -0.05) is 37.4 Å². The van der Waals surface area contributed by atoms with E-state index in [9.17, 15) is 9.59 Å². The molecule has 1 fully saturated rings. The lowest BCUT2D eigenvalue weighted by atomic mass is 9.98. The van der Waals surface area contributed by atoms with Crippen LogP contribution in [0.1, 0.15) is 36.5 Å². The molecule has 6 heteroatoms. The molecular formula is C15H19ClN2O3. The second kappa shape index (κ2) is 6.80. The van der Waals surface area contributed by atoms with Crippen molar-refractivity contribution in [3.8, 4) is 0 Å². The molecule has 0 spiro atoms. The van der Waals surface area contributed by atoms with Crippen LogP contribution in [0.5, 0.6) is 0 Å². The van der Waals surface area contributed by atoms with Gasteiger partial charge in [-0.25, -0.2) is 9.59 Å². The van der Waals surface area contributed by atoms with Crippen molar-refractivity contribution in [3.05, 3.63) is 28.8 Å². The standard InChI is InChI=1S/C15H19ClN2O3/c1-9-4-2-5-10(9)8-17-15(21)18-12-7-3-6-11(16)13(12)14(19)20/h3,6-7,9-10H,2,4-5,8H2,1H3,(H,19,20)(H2,17,18,21). The summed E-state index contributed by atoms with van der Waals surface area (Å²) in [5.41, 5.74) is 0.107. The quantitative estimate of drug-likeness (QED) is 0.795. The van der Waals surface area contributed by atoms with Crippen LogP contribution in [0.4, 0.5) is 10.5 Å². The molecule has 0 bridgehead atoms. The van der Waals surface area contributed by atoms with Crippen LogP contribution in [0.25, 0.3) is 0 Å². The highest BCUT2D eigenvalue weighted by Gasteiger charge is 2.23. The maximum atomic E-state index is 11.9. The van der Waals surface area contributed by atoms with Crippen molar-refractivity contribution in [1.82, 2.24) is 5.32 Å². The maximum Gasteiger partial charge on any atom is 0.339 e. The van der Waals surface area contributed by atoms with Crippen molar-refractivity contribution in [1.29, 1.82) is 0 Å². The molecule has 1 aliphatic carbocycles. The van der Waals surface area contributed by atoms with Gasteiger partial charge in [0.1, 0.15) is 5.56 Å². The molecule has 114 valence electrons. The smallest absolute Gasteiger partial charge is 0.339 e. The molecule has 1 aromatic carbocycles. The number of aromatic carboxylic acids is 1. The molecule has 0 heterocycles. The third-order valence-electron chi connectivity index (χ3n) is 4.04. The van der Waals surface area contributed by atoms with E-state index < -0.39 is 12.0 Å². The van der Waals surface area contributed by atoms with Gasteiger partial charge in [-0.05, 0) is 30.4 Å². The fraction of sp³-hybridized carbons (Fsp3) is 0.467. The van der Waals surface area contributed by atoms with E-state index in [1.165, 1.54) is 25.0 Å². The summed E-state index contributed by atoms with van der Waals surface area (Å²) < 4.78 is 0. The Balaban J connectivity index is 1.97. The summed E-state index contributed by atoms with van der Waals surface area (Å²) in [7, 11) is 0. The summed E-state index contributed by atoms with van der Waals surface area (Å²) >= 11 is 5.86. The monoisotopic (exact) mass is 310 g/mol. The number of carboxylic acids is 1. The lowest BCUT2D eigenvalue weighted by molar-refractivity contribution is 0.0698. The predicted molar refractivity (Wildman–Crippen MR) is 81.9 cm³/mol. The summed E-state index contributed by atoms with van der Waals surface area (Å²) in [6, 6.07) is 4.20. The van der Waals surface area contributed by atoms with Gasteiger partial charge in [0.05, 0.1) is 10.7 Å². The number of carbonyl (C=O) groups is 2. The first-order valence-electron chi connectivity index (χ1n) is 7.05. The second-order valence-electron chi connectivity index (χ2n) is 5.47. The molecule has 2 rings (SSSR count). The van der Waals surface area contributed by atoms with E-state index >= 15 is 0 Å². The van der Waals surface area contributed by atoms with Crippen LogP contribution < -0.4 is 10.6 Å². The van der Waals surface area contributed by atoms with Crippen molar-refractivity contribution < 1.29 is 14.7 Å². The number of benzene rings is 1. The van der Waals surface area contributed by atoms with E-state index in [1.54, 1.807) is 6.07 Å². The molecule has 1 saturated carbocycles. The minimum atomic E-state index is -1.17. The average molecular weight is 311 g/mol. The van der Waals surface area contributed by atoms with Gasteiger partial charge in [-0.3, -0.25) is 0 Å². The first-order valence-corrected chi connectivity index (χ1v) is 7.43. The van der Waals surface area contributed by atoms with Crippen LogP contribution >= 0.6 is 11.6 Å². The molecule has 0 saturated heterocycles. The first-order chi connectivity index (χ1) is 9.99. The Bertz CT molecular complexity index is 548. The minimum Gasteiger partial charge on any atom is -0.478 e. The number of nitrogens with one attached hydrogen (secondary N) is 2. The van der Waals surface area contributed by atoms with Gasteiger partial charge in [0.2, 0.25) is 0 Å². The van der Waals surface area contributed by atoms with E-state index in [1.807, 2.05) is 0 Å². The normalized spacial score (nSPS) is 21.0. The van der Waals surface area contributed by atoms with Crippen LogP contribution in [0, 0.1) is 11.8 Å². The van der Waals surface area contributed by atoms with Crippen molar-refractivity contribution >= 4 is 29.3 Å². The molecule has 2 atom stereocenters. The average Bonchev–Trinajstić information content (AvgIpc) is 2.81. The third-order valence-corrected chi connectivity index (χ3v) is 4.35. The molecule has 1 aromatic rings. The Hall–Kier alpha value is -1.75. The minimum absolute atomic E-state index is 0.0939. The van der Waals surface area contributed by atoms with Crippen LogP contribution in [0.15, 0.2) is 18.2 Å². The number of hydrogen-bond donors (Lipinski definition) is 3. The molecule has 0 radical (unpaired) electrons. The van der Waals surface area contributed by atoms with Gasteiger partial charge < -0.3 is 15.7 Å². The largest absolute Gasteiger partial charge is 0.478 e. The SMILES string of the molecule is CC1CCCC1CNC(=O)Nc1cccc(Cl)c1C(=O)O. The fourth-order valence-corrected chi connectivity index (χ4v) is 3.02. The predicted octanol–water partition coefficient (Wildman–Crippen LogP) is 3.60. The Morgan fingerprint density at radius 2 is 2.14 bits per heavy atom. The van der Waals surface area contributed by atoms with Crippen molar-refractivity contribution in [2.24, 2.45) is 11.8 Å². The van der Waals surface area contributed by atoms with Crippen molar-refractivity contribution in [2.45, 2.75) is 26.2 Å². The van der Waals surface area contributed by atoms with Crippen LogP contribution in [0.3, 0.4) is 0 Å². The zero-order valence-corrected chi connectivity index (χ0v) is 12.6. The highest BCUT2D eigenvalue weighted by molar-refractivity contribution is 6.34. The highest BCUT2D eigenvalue weighted by Crippen LogP contribution is 2.30. The van der Waals surface area contributed by atoms with E-state index in [0.717, 1.165) is 6.42 Å². The summed E-state index contributed by atoms with van der Waals surface area (Å²) in [5.74, 6) is -0.0552. The van der Waals surface area contributed by atoms with E-state index in [-0.39, 0.29) is 16.3 Å². The van der Waals surface area contributed by atoms with Crippen LogP contribution in [-0.2, 0) is 0 Å². The van der Waals surface area contributed by atoms with E-state index in [4.69, 9.17) is 16.7 Å². The molecule has 0 aliphatic heterocycles. The lowest BCUT2D eigenvalue weighted by Gasteiger charge is -2.16. The third kappa shape index (κ3) is 3.88. The Labute approximate surface area is 128 Å². The number of carbonyl (C=O) groups excluding carboxylic acids is 1. The Morgan fingerprint density at radius 3 is 2.76 bits per heavy atom. The number of urea groups is 1. The summed E-state index contributed by atoms with van der Waals surface area (Å²) in [6.45, 7) is 2.80. The summed E-state index contributed by atoms with van der Waals surface area (Å²) in [6.07, 6.45) is 3.52. The van der Waals surface area contributed by atoms with Gasteiger partial charge in [0, 0.05) is 6.54 Å². The number of rotatable bonds is 4. The molecule has 3 N–H and O–H groups in total. The molecule has 1 aliphatic rings. The Morgan fingerprint density at radius 1 is 1.38 bits per heavy atom. The topological polar surface area (TPSA) is 78.4 Å². The molecule has 0 aromatic heterocycles. The van der Waals surface area contributed by atoms with Crippen LogP contribution in [-0.4, -0.2) is 23.7 Å². The number of amides is 2. The number of carboxylic acid groups (broad SMARTS) is 1. The number of hydrogen-bond acceptors (Lipinski definition) is 2. The van der Waals surface area contributed by atoms with Gasteiger partial charge in [0.15, 0.2) is 0 Å². The van der Waals surface area contributed by atoms with E-state index in [2.05, 4.69) is 17.6 Å². The lowest BCUT2D eigenvalue weighted by Crippen LogP contribution is -2.34. The van der Waals surface area contributed by atoms with Crippen molar-refractivity contribution in [3.63, 3.8) is 0 Å². The molecular weight excluding hydrogens is 292 g/mol. The Kier molecular flexibility index (Phi) is 5.07. The summed E-state index contributed by atoms with van der Waals surface area (Å²) in [4.78, 5) is 23.1. The number of anilines is 1. The molecule has 5 nitrogen and oxygen atoms in total. The van der Waals surface area contributed by atoms with Gasteiger partial charge >= 0.3 is 12.0 Å². The molecule has 2 amide bonds. The first kappa shape index (κ1) is 15.6. The van der Waals surface area contributed by atoms with Gasteiger partial charge in [-0.15, -0.1) is 0 Å². The van der Waals surface area contributed by atoms with E-state index in [0.29, 0.717) is 18.4 Å². The summed E-state index contributed by atoms with van der Waals surface area (Å²) in [5, 5.41) is 14.6. The number of halogens is 1. The molecule has 21 heavy (non-hydrogen) atoms. The van der Waals surface area contributed by atoms with Gasteiger partial charge in [-0.2, -0.15) is 0 Å². The molecule has 2 unspecified atom stereocenters.